The molecule has 1 N–H and O–H groups in total. The molecule has 0 fully saturated rings. The van der Waals surface area contributed by atoms with Gasteiger partial charge >= 0.3 is 0 Å². The van der Waals surface area contributed by atoms with Gasteiger partial charge in [0.25, 0.3) is 0 Å². The van der Waals surface area contributed by atoms with Crippen LogP contribution in [0.15, 0.2) is 0 Å². The predicted octanol–water partition coefficient (Wildman–Crippen LogP) is 6.20. The number of rotatable bonds is 17. The summed E-state index contributed by atoms with van der Waals surface area (Å²) in [7, 11) is 0. The molecular weight excluding hydrogens is 272 g/mol. The molecule has 0 aliphatic heterocycles. The van der Waals surface area contributed by atoms with Gasteiger partial charge < -0.3 is 5.11 Å². The van der Waals surface area contributed by atoms with Gasteiger partial charge in [-0.2, -0.15) is 0 Å². The second kappa shape index (κ2) is 17.0. The summed E-state index contributed by atoms with van der Waals surface area (Å²) < 4.78 is 0. The number of unbranched alkanes of at least 4 members (excludes halogenated alkanes) is 12. The maximum absolute atomic E-state index is 11.4. The molecular formula is C20H40O2. The fourth-order valence-electron chi connectivity index (χ4n) is 2.93. The number of hydrogen-bond donors (Lipinski definition) is 1. The lowest BCUT2D eigenvalue weighted by atomic mass is 10.0. The number of aliphatic hydroxyl groups excluding tert-OH is 1. The largest absolute Gasteiger partial charge is 0.385 e. The first-order valence-corrected chi connectivity index (χ1v) is 9.93. The average Bonchev–Trinajstić information content (AvgIpc) is 2.51. The van der Waals surface area contributed by atoms with Crippen LogP contribution in [0.5, 0.6) is 0 Å². The van der Waals surface area contributed by atoms with Gasteiger partial charge in [0.05, 0.1) is 0 Å². The van der Waals surface area contributed by atoms with Crippen molar-refractivity contribution in [3.05, 3.63) is 0 Å². The zero-order chi connectivity index (χ0) is 16.5. The van der Waals surface area contributed by atoms with Crippen LogP contribution in [0, 0.1) is 0 Å². The maximum Gasteiger partial charge on any atom is 0.161 e. The molecule has 1 atom stereocenters. The van der Waals surface area contributed by atoms with Gasteiger partial charge in [0, 0.05) is 6.42 Å². The van der Waals surface area contributed by atoms with Crippen LogP contribution in [-0.4, -0.2) is 17.0 Å². The first-order valence-electron chi connectivity index (χ1n) is 9.93. The van der Waals surface area contributed by atoms with E-state index in [-0.39, 0.29) is 5.78 Å². The zero-order valence-corrected chi connectivity index (χ0v) is 15.2. The van der Waals surface area contributed by atoms with Crippen LogP contribution in [0.25, 0.3) is 0 Å². The first kappa shape index (κ1) is 21.6. The Labute approximate surface area is 139 Å². The smallest absolute Gasteiger partial charge is 0.161 e. The molecule has 2 heteroatoms. The van der Waals surface area contributed by atoms with E-state index < -0.39 is 6.10 Å². The third-order valence-electron chi connectivity index (χ3n) is 4.45. The van der Waals surface area contributed by atoms with Crippen LogP contribution >= 0.6 is 0 Å². The van der Waals surface area contributed by atoms with Crippen LogP contribution < -0.4 is 0 Å². The van der Waals surface area contributed by atoms with Gasteiger partial charge in [-0.25, -0.2) is 0 Å². The molecule has 0 spiro atoms. The van der Waals surface area contributed by atoms with Crippen LogP contribution in [0.1, 0.15) is 117 Å². The molecule has 0 aromatic heterocycles. The van der Waals surface area contributed by atoms with Crippen molar-refractivity contribution in [2.45, 2.75) is 123 Å². The van der Waals surface area contributed by atoms with Gasteiger partial charge in [-0.3, -0.25) is 4.79 Å². The first-order chi connectivity index (χ1) is 10.7. The van der Waals surface area contributed by atoms with Crippen molar-refractivity contribution in [2.24, 2.45) is 0 Å². The molecule has 1 unspecified atom stereocenters. The fourth-order valence-corrected chi connectivity index (χ4v) is 2.93. The van der Waals surface area contributed by atoms with E-state index in [0.717, 1.165) is 19.3 Å². The highest BCUT2D eigenvalue weighted by Gasteiger charge is 2.12. The summed E-state index contributed by atoms with van der Waals surface area (Å²) in [6.07, 6.45) is 18.6. The van der Waals surface area contributed by atoms with E-state index in [1.165, 1.54) is 70.6 Å². The molecule has 22 heavy (non-hydrogen) atoms. The minimum absolute atomic E-state index is 0.0291. The van der Waals surface area contributed by atoms with Crippen molar-refractivity contribution >= 4 is 5.78 Å². The van der Waals surface area contributed by atoms with E-state index in [4.69, 9.17) is 0 Å². The number of carbonyl (C=O) groups excluding carboxylic acids is 1. The normalized spacial score (nSPS) is 12.5. The van der Waals surface area contributed by atoms with Crippen LogP contribution in [-0.2, 0) is 4.79 Å². The number of aliphatic hydroxyl groups is 1. The molecule has 0 aliphatic rings. The molecule has 0 bridgehead atoms. The van der Waals surface area contributed by atoms with Crippen molar-refractivity contribution < 1.29 is 9.90 Å². The Balaban J connectivity index is 3.15. The summed E-state index contributed by atoms with van der Waals surface area (Å²) in [6.45, 7) is 4.25. The second-order valence-corrected chi connectivity index (χ2v) is 6.76. The molecule has 2 nitrogen and oxygen atoms in total. The standard InChI is InChI=1S/C20H40O2/c1-3-5-6-7-8-9-10-11-12-13-14-15-16-18-20(22)19(21)17-4-2/h20,22H,3-18H2,1-2H3. The molecule has 0 heterocycles. The molecule has 0 rings (SSSR count). The number of Topliss-reactive ketones (excluding diaryl/α,β-unsaturated/α-hetero) is 1. The molecule has 0 aliphatic carbocycles. The summed E-state index contributed by atoms with van der Waals surface area (Å²) in [5, 5.41) is 9.68. The Bertz CT molecular complexity index is 238. The topological polar surface area (TPSA) is 37.3 Å². The van der Waals surface area contributed by atoms with E-state index in [9.17, 15) is 9.90 Å². The number of ketones is 1. The summed E-state index contributed by atoms with van der Waals surface area (Å²) in [4.78, 5) is 11.4. The van der Waals surface area contributed by atoms with Crippen LogP contribution in [0.2, 0.25) is 0 Å². The Hall–Kier alpha value is -0.370. The van der Waals surface area contributed by atoms with Gasteiger partial charge in [-0.15, -0.1) is 0 Å². The number of carbonyl (C=O) groups is 1. The highest BCUT2D eigenvalue weighted by atomic mass is 16.3. The molecule has 0 saturated heterocycles. The SMILES string of the molecule is CCCCCCCCCCCCCCCC(O)C(=O)CCC. The van der Waals surface area contributed by atoms with Gasteiger partial charge in [0.2, 0.25) is 0 Å². The van der Waals surface area contributed by atoms with E-state index in [0.29, 0.717) is 12.8 Å². The minimum atomic E-state index is -0.701. The van der Waals surface area contributed by atoms with E-state index in [1.807, 2.05) is 6.92 Å². The number of hydrogen-bond acceptors (Lipinski definition) is 2. The highest BCUT2D eigenvalue weighted by Crippen LogP contribution is 2.13. The minimum Gasteiger partial charge on any atom is -0.385 e. The van der Waals surface area contributed by atoms with E-state index in [1.54, 1.807) is 0 Å². The van der Waals surface area contributed by atoms with Crippen molar-refractivity contribution in [3.8, 4) is 0 Å². The lowest BCUT2D eigenvalue weighted by Crippen LogP contribution is -2.19. The second-order valence-electron chi connectivity index (χ2n) is 6.76. The quantitative estimate of drug-likeness (QED) is 0.325. The molecule has 0 radical (unpaired) electrons. The molecule has 0 aromatic rings. The summed E-state index contributed by atoms with van der Waals surface area (Å²) in [6, 6.07) is 0. The molecule has 0 aromatic carbocycles. The Morgan fingerprint density at radius 2 is 1.09 bits per heavy atom. The molecule has 132 valence electrons. The van der Waals surface area contributed by atoms with Crippen molar-refractivity contribution in [2.75, 3.05) is 0 Å². The lowest BCUT2D eigenvalue weighted by molar-refractivity contribution is -0.127. The van der Waals surface area contributed by atoms with Gasteiger partial charge in [0.15, 0.2) is 5.78 Å². The van der Waals surface area contributed by atoms with Gasteiger partial charge in [0.1, 0.15) is 6.10 Å². The van der Waals surface area contributed by atoms with Crippen molar-refractivity contribution in [1.82, 2.24) is 0 Å². The predicted molar refractivity (Wildman–Crippen MR) is 96.2 cm³/mol. The fraction of sp³-hybridized carbons (Fsp3) is 0.950. The Morgan fingerprint density at radius 3 is 1.50 bits per heavy atom. The highest BCUT2D eigenvalue weighted by molar-refractivity contribution is 5.82. The molecule has 0 amide bonds. The van der Waals surface area contributed by atoms with E-state index >= 15 is 0 Å². The Morgan fingerprint density at radius 1 is 0.682 bits per heavy atom. The third-order valence-corrected chi connectivity index (χ3v) is 4.45. The zero-order valence-electron chi connectivity index (χ0n) is 15.2. The third kappa shape index (κ3) is 14.6. The molecule has 0 saturated carbocycles. The van der Waals surface area contributed by atoms with Gasteiger partial charge in [-0.05, 0) is 12.8 Å². The maximum atomic E-state index is 11.4. The van der Waals surface area contributed by atoms with E-state index in [2.05, 4.69) is 6.92 Å². The summed E-state index contributed by atoms with van der Waals surface area (Å²) >= 11 is 0. The van der Waals surface area contributed by atoms with Crippen molar-refractivity contribution in [3.63, 3.8) is 0 Å². The van der Waals surface area contributed by atoms with Crippen LogP contribution in [0.3, 0.4) is 0 Å². The summed E-state index contributed by atoms with van der Waals surface area (Å²) in [5.74, 6) is 0.0291. The van der Waals surface area contributed by atoms with Crippen molar-refractivity contribution in [1.29, 1.82) is 0 Å². The Kier molecular flexibility index (Phi) is 16.7. The monoisotopic (exact) mass is 312 g/mol. The summed E-state index contributed by atoms with van der Waals surface area (Å²) in [5.41, 5.74) is 0. The van der Waals surface area contributed by atoms with Crippen LogP contribution in [0.4, 0.5) is 0 Å². The average molecular weight is 313 g/mol. The van der Waals surface area contributed by atoms with Gasteiger partial charge in [-0.1, -0.05) is 97.3 Å². The lowest BCUT2D eigenvalue weighted by Gasteiger charge is -2.08.